The summed E-state index contributed by atoms with van der Waals surface area (Å²) in [7, 11) is 0. The number of alkyl halides is 3. The van der Waals surface area contributed by atoms with Gasteiger partial charge >= 0.3 is 12.1 Å². The van der Waals surface area contributed by atoms with E-state index in [0.717, 1.165) is 6.20 Å². The molecule has 0 radical (unpaired) electrons. The summed E-state index contributed by atoms with van der Waals surface area (Å²) in [6.45, 7) is 0. The van der Waals surface area contributed by atoms with Crippen LogP contribution in [0.15, 0.2) is 15.4 Å². The molecule has 1 heterocycles. The van der Waals surface area contributed by atoms with Gasteiger partial charge in [-0.15, -0.1) is 0 Å². The van der Waals surface area contributed by atoms with Gasteiger partial charge in [0.2, 0.25) is 0 Å². The van der Waals surface area contributed by atoms with Crippen LogP contribution in [0.4, 0.5) is 19.0 Å². The summed E-state index contributed by atoms with van der Waals surface area (Å²) in [6.07, 6.45) is -3.79. The van der Waals surface area contributed by atoms with Crippen molar-refractivity contribution in [1.29, 1.82) is 0 Å². The van der Waals surface area contributed by atoms with Crippen molar-refractivity contribution in [3.8, 4) is 0 Å². The Balaban J connectivity index is 2.87. The van der Waals surface area contributed by atoms with E-state index in [4.69, 9.17) is 0 Å². The van der Waals surface area contributed by atoms with Crippen LogP contribution in [0.2, 0.25) is 0 Å². The molecule has 0 atom stereocenters. The van der Waals surface area contributed by atoms with Crippen LogP contribution >= 0.6 is 31.9 Å². The van der Waals surface area contributed by atoms with Gasteiger partial charge in [-0.1, -0.05) is 0 Å². The highest BCUT2D eigenvalue weighted by Gasteiger charge is 2.39. The lowest BCUT2D eigenvalue weighted by Crippen LogP contribution is -2.30. The summed E-state index contributed by atoms with van der Waals surface area (Å²) in [5.41, 5.74) is 0. The van der Waals surface area contributed by atoms with Crippen molar-refractivity contribution in [1.82, 2.24) is 9.97 Å². The first-order chi connectivity index (χ1) is 6.80. The summed E-state index contributed by atoms with van der Waals surface area (Å²) in [4.78, 5) is 17.8. The van der Waals surface area contributed by atoms with Gasteiger partial charge in [0, 0.05) is 0 Å². The molecule has 0 aliphatic heterocycles. The number of hydrogen-bond acceptors (Lipinski definition) is 3. The molecule has 15 heavy (non-hydrogen) atoms. The van der Waals surface area contributed by atoms with Crippen molar-refractivity contribution in [2.45, 2.75) is 6.18 Å². The molecule has 1 N–H and O–H groups in total. The maximum atomic E-state index is 11.9. The van der Waals surface area contributed by atoms with E-state index < -0.39 is 12.1 Å². The largest absolute Gasteiger partial charge is 0.471 e. The Morgan fingerprint density at radius 2 is 2.00 bits per heavy atom. The second-order valence-electron chi connectivity index (χ2n) is 2.28. The van der Waals surface area contributed by atoms with Crippen LogP contribution in [0.1, 0.15) is 0 Å². The predicted molar refractivity (Wildman–Crippen MR) is 52.1 cm³/mol. The van der Waals surface area contributed by atoms with E-state index in [1.54, 1.807) is 5.32 Å². The minimum Gasteiger partial charge on any atom is -0.301 e. The number of aromatic nitrogens is 2. The molecule has 82 valence electrons. The first-order valence-electron chi connectivity index (χ1n) is 3.37. The highest BCUT2D eigenvalue weighted by Crippen LogP contribution is 2.22. The Hall–Kier alpha value is -0.700. The van der Waals surface area contributed by atoms with Gasteiger partial charge in [-0.3, -0.25) is 4.79 Å². The summed E-state index contributed by atoms with van der Waals surface area (Å²) in [5.74, 6) is -2.39. The number of nitrogens with one attached hydrogen (secondary N) is 1. The van der Waals surface area contributed by atoms with Crippen molar-refractivity contribution in [3.63, 3.8) is 0 Å². The van der Waals surface area contributed by atoms with E-state index in [1.807, 2.05) is 0 Å². The molecule has 0 bridgehead atoms. The molecule has 0 unspecified atom stereocenters. The van der Waals surface area contributed by atoms with Gasteiger partial charge in [0.05, 0.1) is 6.20 Å². The summed E-state index contributed by atoms with van der Waals surface area (Å²) in [5, 5.41) is 1.57. The average Bonchev–Trinajstić information content (AvgIpc) is 2.08. The van der Waals surface area contributed by atoms with Crippen LogP contribution in [0.3, 0.4) is 0 Å². The van der Waals surface area contributed by atoms with E-state index in [2.05, 4.69) is 41.8 Å². The SMILES string of the molecule is O=C(Nc1ncc(Br)nc1Br)C(F)(F)F. The van der Waals surface area contributed by atoms with Gasteiger partial charge in [-0.25, -0.2) is 9.97 Å². The molecular weight excluding hydrogens is 347 g/mol. The highest BCUT2D eigenvalue weighted by atomic mass is 79.9. The van der Waals surface area contributed by atoms with Crippen LogP contribution in [0, 0.1) is 0 Å². The second kappa shape index (κ2) is 4.44. The van der Waals surface area contributed by atoms with Crippen molar-refractivity contribution in [2.75, 3.05) is 5.32 Å². The third-order valence-electron chi connectivity index (χ3n) is 1.19. The minimum absolute atomic E-state index is 0.00877. The zero-order chi connectivity index (χ0) is 11.6. The Morgan fingerprint density at radius 3 is 2.47 bits per heavy atom. The Bertz CT molecular complexity index is 396. The summed E-state index contributed by atoms with van der Waals surface area (Å²) in [6, 6.07) is 0. The zero-order valence-corrected chi connectivity index (χ0v) is 9.94. The maximum absolute atomic E-state index is 11.9. The van der Waals surface area contributed by atoms with E-state index in [-0.39, 0.29) is 10.4 Å². The fraction of sp³-hybridized carbons (Fsp3) is 0.167. The lowest BCUT2D eigenvalue weighted by Gasteiger charge is -2.07. The van der Waals surface area contributed by atoms with Crippen LogP contribution in [0.25, 0.3) is 0 Å². The van der Waals surface area contributed by atoms with E-state index in [1.165, 1.54) is 0 Å². The minimum atomic E-state index is -4.95. The van der Waals surface area contributed by atoms with Gasteiger partial charge in [0.25, 0.3) is 0 Å². The van der Waals surface area contributed by atoms with E-state index in [0.29, 0.717) is 4.60 Å². The van der Waals surface area contributed by atoms with Crippen LogP contribution in [0.5, 0.6) is 0 Å². The van der Waals surface area contributed by atoms with Crippen LogP contribution in [-0.4, -0.2) is 22.1 Å². The molecule has 1 rings (SSSR count). The van der Waals surface area contributed by atoms with E-state index in [9.17, 15) is 18.0 Å². The van der Waals surface area contributed by atoms with Crippen LogP contribution < -0.4 is 5.32 Å². The van der Waals surface area contributed by atoms with Crippen molar-refractivity contribution in [3.05, 3.63) is 15.4 Å². The lowest BCUT2D eigenvalue weighted by atomic mass is 10.5. The Labute approximate surface area is 98.5 Å². The molecule has 1 aromatic heterocycles. The molecule has 0 aromatic carbocycles. The number of hydrogen-bond donors (Lipinski definition) is 1. The molecule has 1 amide bonds. The first-order valence-corrected chi connectivity index (χ1v) is 4.95. The number of rotatable bonds is 1. The molecule has 9 heteroatoms. The van der Waals surface area contributed by atoms with Gasteiger partial charge in [-0.05, 0) is 31.9 Å². The summed E-state index contributed by atoms with van der Waals surface area (Å²) >= 11 is 5.82. The topological polar surface area (TPSA) is 54.9 Å². The van der Waals surface area contributed by atoms with Crippen molar-refractivity contribution >= 4 is 43.6 Å². The summed E-state index contributed by atoms with van der Waals surface area (Å²) < 4.78 is 35.9. The standard InChI is InChI=1S/C6H2Br2F3N3O/c7-2-1-12-4(3(8)13-2)14-5(15)6(9,10)11/h1H,(H,12,14,15). The lowest BCUT2D eigenvalue weighted by molar-refractivity contribution is -0.167. The fourth-order valence-electron chi connectivity index (χ4n) is 0.609. The molecule has 0 saturated heterocycles. The van der Waals surface area contributed by atoms with Crippen LogP contribution in [-0.2, 0) is 4.79 Å². The van der Waals surface area contributed by atoms with Gasteiger partial charge in [-0.2, -0.15) is 13.2 Å². The maximum Gasteiger partial charge on any atom is 0.471 e. The molecule has 0 aliphatic carbocycles. The predicted octanol–water partition coefficient (Wildman–Crippen LogP) is 2.50. The normalized spacial score (nSPS) is 11.3. The van der Waals surface area contributed by atoms with Gasteiger partial charge in [0.1, 0.15) is 9.21 Å². The number of anilines is 1. The average molecular weight is 349 g/mol. The molecule has 0 fully saturated rings. The number of amides is 1. The third kappa shape index (κ3) is 3.42. The zero-order valence-electron chi connectivity index (χ0n) is 6.77. The number of halogens is 5. The molecular formula is C6H2Br2F3N3O. The van der Waals surface area contributed by atoms with Gasteiger partial charge < -0.3 is 5.32 Å². The monoisotopic (exact) mass is 347 g/mol. The van der Waals surface area contributed by atoms with E-state index >= 15 is 0 Å². The van der Waals surface area contributed by atoms with Crippen molar-refractivity contribution in [2.24, 2.45) is 0 Å². The number of nitrogens with zero attached hydrogens (tertiary/aromatic N) is 2. The first kappa shape index (κ1) is 12.4. The molecule has 0 aliphatic rings. The smallest absolute Gasteiger partial charge is 0.301 e. The molecule has 0 spiro atoms. The second-order valence-corrected chi connectivity index (χ2v) is 3.85. The number of carbonyl (C=O) groups is 1. The molecule has 1 aromatic rings. The highest BCUT2D eigenvalue weighted by molar-refractivity contribution is 9.11. The van der Waals surface area contributed by atoms with Gasteiger partial charge in [0.15, 0.2) is 5.82 Å². The quantitative estimate of drug-likeness (QED) is 0.848. The molecule has 4 nitrogen and oxygen atoms in total. The number of carbonyl (C=O) groups excluding carboxylic acids is 1. The van der Waals surface area contributed by atoms with Crippen molar-refractivity contribution < 1.29 is 18.0 Å². The third-order valence-corrected chi connectivity index (χ3v) is 2.12. The molecule has 0 saturated carbocycles. The fourth-order valence-corrected chi connectivity index (χ4v) is 1.52. The Morgan fingerprint density at radius 1 is 1.40 bits per heavy atom. The Kier molecular flexibility index (Phi) is 3.66.